The van der Waals surface area contributed by atoms with Crippen LogP contribution in [0, 0.1) is 17.5 Å². The van der Waals surface area contributed by atoms with E-state index in [2.05, 4.69) is 5.32 Å². The van der Waals surface area contributed by atoms with E-state index in [-0.39, 0.29) is 25.5 Å². The number of para-hydroxylation sites is 1. The van der Waals surface area contributed by atoms with E-state index in [0.29, 0.717) is 24.8 Å². The summed E-state index contributed by atoms with van der Waals surface area (Å²) in [5.41, 5.74) is -0.486. The average molecular weight is 394 g/mol. The lowest BCUT2D eigenvalue weighted by atomic mass is 10.2. The molecule has 0 aliphatic carbocycles. The molecule has 0 aliphatic rings. The fourth-order valence-corrected chi connectivity index (χ4v) is 2.48. The Balaban J connectivity index is 1.90. The number of carbonyl (C=O) groups excluding carboxylic acids is 2. The lowest BCUT2D eigenvalue weighted by molar-refractivity contribution is -0.135. The third-order valence-corrected chi connectivity index (χ3v) is 3.82. The Kier molecular flexibility index (Phi) is 7.86. The molecule has 2 aromatic rings. The van der Waals surface area contributed by atoms with Gasteiger partial charge in [-0.2, -0.15) is 0 Å². The van der Waals surface area contributed by atoms with Crippen molar-refractivity contribution in [1.29, 1.82) is 0 Å². The molecule has 2 aromatic carbocycles. The molecular weight excluding hydrogens is 373 g/mol. The summed E-state index contributed by atoms with van der Waals surface area (Å²) in [6, 6.07) is 10.6. The van der Waals surface area contributed by atoms with Crippen LogP contribution in [0.4, 0.5) is 18.9 Å². The van der Waals surface area contributed by atoms with Crippen molar-refractivity contribution in [3.05, 3.63) is 59.9 Å². The molecule has 0 heterocycles. The van der Waals surface area contributed by atoms with Crippen LogP contribution < -0.4 is 10.1 Å². The number of rotatable bonds is 9. The second kappa shape index (κ2) is 10.3. The smallest absolute Gasteiger partial charge is 0.244 e. The van der Waals surface area contributed by atoms with Gasteiger partial charge in [0, 0.05) is 6.54 Å². The summed E-state index contributed by atoms with van der Waals surface area (Å²) < 4.78 is 45.4. The highest BCUT2D eigenvalue weighted by atomic mass is 19.2. The molecule has 2 amide bonds. The van der Waals surface area contributed by atoms with Crippen molar-refractivity contribution in [1.82, 2.24) is 4.90 Å². The van der Waals surface area contributed by atoms with Crippen LogP contribution in [0.15, 0.2) is 42.5 Å². The first-order valence-corrected chi connectivity index (χ1v) is 8.81. The second-order valence-electron chi connectivity index (χ2n) is 6.00. The Hall–Kier alpha value is -3.03. The van der Waals surface area contributed by atoms with E-state index in [4.69, 9.17) is 4.74 Å². The van der Waals surface area contributed by atoms with Gasteiger partial charge in [-0.3, -0.25) is 9.59 Å². The van der Waals surface area contributed by atoms with Gasteiger partial charge in [-0.1, -0.05) is 25.1 Å². The van der Waals surface area contributed by atoms with Gasteiger partial charge < -0.3 is 15.0 Å². The number of amides is 2. The van der Waals surface area contributed by atoms with Crippen molar-refractivity contribution in [2.24, 2.45) is 0 Å². The largest absolute Gasteiger partial charge is 0.493 e. The zero-order chi connectivity index (χ0) is 20.5. The molecule has 0 radical (unpaired) electrons. The van der Waals surface area contributed by atoms with Gasteiger partial charge in [0.05, 0.1) is 25.3 Å². The van der Waals surface area contributed by atoms with Crippen molar-refractivity contribution in [3.8, 4) is 5.75 Å². The maximum absolute atomic E-state index is 13.7. The predicted molar refractivity (Wildman–Crippen MR) is 98.4 cm³/mol. The number of hydrogen-bond donors (Lipinski definition) is 1. The molecule has 5 nitrogen and oxygen atoms in total. The van der Waals surface area contributed by atoms with Gasteiger partial charge in [-0.05, 0) is 30.7 Å². The van der Waals surface area contributed by atoms with Gasteiger partial charge in [-0.25, -0.2) is 13.2 Å². The van der Waals surface area contributed by atoms with E-state index in [1.807, 2.05) is 25.1 Å². The van der Waals surface area contributed by atoms with Gasteiger partial charge in [-0.15, -0.1) is 0 Å². The molecule has 0 saturated carbocycles. The standard InChI is InChI=1S/C20H21F3N2O3/c1-2-11-25(18(27)10-12-28-14-6-4-3-5-7-14)13-17(26)24-16-9-8-15(21)19(22)20(16)23/h3-9H,2,10-13H2,1H3,(H,24,26). The minimum absolute atomic E-state index is 0.0573. The number of nitrogens with one attached hydrogen (secondary N) is 1. The highest BCUT2D eigenvalue weighted by Gasteiger charge is 2.19. The van der Waals surface area contributed by atoms with Crippen LogP contribution in [0.2, 0.25) is 0 Å². The molecule has 8 heteroatoms. The van der Waals surface area contributed by atoms with E-state index in [9.17, 15) is 22.8 Å². The summed E-state index contributed by atoms with van der Waals surface area (Å²) in [5.74, 6) is -4.90. The lowest BCUT2D eigenvalue weighted by Crippen LogP contribution is -2.39. The number of hydrogen-bond acceptors (Lipinski definition) is 3. The number of nitrogens with zero attached hydrogens (tertiary/aromatic N) is 1. The molecule has 28 heavy (non-hydrogen) atoms. The quantitative estimate of drug-likeness (QED) is 0.659. The third-order valence-electron chi connectivity index (χ3n) is 3.82. The first-order valence-electron chi connectivity index (χ1n) is 8.81. The summed E-state index contributed by atoms with van der Waals surface area (Å²) in [5, 5.41) is 2.16. The van der Waals surface area contributed by atoms with Gasteiger partial charge in [0.2, 0.25) is 11.8 Å². The Morgan fingerprint density at radius 2 is 1.75 bits per heavy atom. The Bertz CT molecular complexity index is 816. The molecule has 2 rings (SSSR count). The van der Waals surface area contributed by atoms with Crippen LogP contribution in [0.25, 0.3) is 0 Å². The maximum Gasteiger partial charge on any atom is 0.244 e. The summed E-state index contributed by atoms with van der Waals surface area (Å²) in [7, 11) is 0. The predicted octanol–water partition coefficient (Wildman–Crippen LogP) is 3.75. The first kappa shape index (κ1) is 21.3. The van der Waals surface area contributed by atoms with E-state index < -0.39 is 29.0 Å². The zero-order valence-electron chi connectivity index (χ0n) is 15.4. The van der Waals surface area contributed by atoms with Crippen molar-refractivity contribution in [2.45, 2.75) is 19.8 Å². The van der Waals surface area contributed by atoms with Crippen LogP contribution in [-0.2, 0) is 9.59 Å². The highest BCUT2D eigenvalue weighted by Crippen LogP contribution is 2.19. The van der Waals surface area contributed by atoms with Crippen LogP contribution in [-0.4, -0.2) is 36.4 Å². The fraction of sp³-hybridized carbons (Fsp3) is 0.300. The zero-order valence-corrected chi connectivity index (χ0v) is 15.4. The number of carbonyl (C=O) groups is 2. The van der Waals surface area contributed by atoms with E-state index in [1.165, 1.54) is 4.90 Å². The van der Waals surface area contributed by atoms with Gasteiger partial charge in [0.15, 0.2) is 17.5 Å². The highest BCUT2D eigenvalue weighted by molar-refractivity contribution is 5.94. The number of benzene rings is 2. The molecule has 0 atom stereocenters. The van der Waals surface area contributed by atoms with Gasteiger partial charge in [0.1, 0.15) is 5.75 Å². The first-order chi connectivity index (χ1) is 13.4. The molecule has 0 unspecified atom stereocenters. The monoisotopic (exact) mass is 394 g/mol. The molecule has 1 N–H and O–H groups in total. The van der Waals surface area contributed by atoms with Crippen molar-refractivity contribution < 1.29 is 27.5 Å². The summed E-state index contributed by atoms with van der Waals surface area (Å²) in [6.07, 6.45) is 0.666. The van der Waals surface area contributed by atoms with E-state index in [1.54, 1.807) is 12.1 Å². The Labute approximate surface area is 161 Å². The van der Waals surface area contributed by atoms with Crippen molar-refractivity contribution in [2.75, 3.05) is 25.0 Å². The van der Waals surface area contributed by atoms with Gasteiger partial charge >= 0.3 is 0 Å². The molecule has 0 spiro atoms. The van der Waals surface area contributed by atoms with Gasteiger partial charge in [0.25, 0.3) is 0 Å². The SMILES string of the molecule is CCCN(CC(=O)Nc1ccc(F)c(F)c1F)C(=O)CCOc1ccccc1. The molecule has 150 valence electrons. The molecule has 0 aliphatic heterocycles. The average Bonchev–Trinajstić information content (AvgIpc) is 2.69. The summed E-state index contributed by atoms with van der Waals surface area (Å²) in [6.45, 7) is 1.96. The molecule has 0 aromatic heterocycles. The second-order valence-corrected chi connectivity index (χ2v) is 6.00. The van der Waals surface area contributed by atoms with Crippen LogP contribution in [0.5, 0.6) is 5.75 Å². The minimum atomic E-state index is -1.67. The molecular formula is C20H21F3N2O3. The number of anilines is 1. The summed E-state index contributed by atoms with van der Waals surface area (Å²) in [4.78, 5) is 25.8. The summed E-state index contributed by atoms with van der Waals surface area (Å²) >= 11 is 0. The van der Waals surface area contributed by atoms with Crippen LogP contribution in [0.1, 0.15) is 19.8 Å². The molecule has 0 saturated heterocycles. The van der Waals surface area contributed by atoms with E-state index in [0.717, 1.165) is 6.07 Å². The minimum Gasteiger partial charge on any atom is -0.493 e. The Morgan fingerprint density at radius 1 is 1.04 bits per heavy atom. The number of ether oxygens (including phenoxy) is 1. The van der Waals surface area contributed by atoms with Crippen molar-refractivity contribution in [3.63, 3.8) is 0 Å². The van der Waals surface area contributed by atoms with E-state index >= 15 is 0 Å². The van der Waals surface area contributed by atoms with Crippen LogP contribution >= 0.6 is 0 Å². The number of halogens is 3. The lowest BCUT2D eigenvalue weighted by Gasteiger charge is -2.22. The van der Waals surface area contributed by atoms with Crippen LogP contribution in [0.3, 0.4) is 0 Å². The maximum atomic E-state index is 13.7. The van der Waals surface area contributed by atoms with Crippen molar-refractivity contribution >= 4 is 17.5 Å². The molecule has 0 fully saturated rings. The normalized spacial score (nSPS) is 10.4. The third kappa shape index (κ3) is 6.00. The topological polar surface area (TPSA) is 58.6 Å². The fourth-order valence-electron chi connectivity index (χ4n) is 2.48. The molecule has 0 bridgehead atoms. The Morgan fingerprint density at radius 3 is 2.43 bits per heavy atom.